The Morgan fingerprint density at radius 1 is 1.30 bits per heavy atom. The smallest absolute Gasteiger partial charge is 0.410 e. The zero-order valence-electron chi connectivity index (χ0n) is 11.3. The Kier molecular flexibility index (Phi) is 4.98. The number of carboxylic acid groups (broad SMARTS) is 1. The van der Waals surface area contributed by atoms with Crippen LogP contribution in [0.4, 0.5) is 4.79 Å². The zero-order chi connectivity index (χ0) is 14.4. The summed E-state index contributed by atoms with van der Waals surface area (Å²) in [4.78, 5) is 24.3. The van der Waals surface area contributed by atoms with E-state index in [9.17, 15) is 9.59 Å². The lowest BCUT2D eigenvalue weighted by Crippen LogP contribution is -2.36. The van der Waals surface area contributed by atoms with E-state index >= 15 is 0 Å². The summed E-state index contributed by atoms with van der Waals surface area (Å²) in [5, 5.41) is 8.72. The van der Waals surface area contributed by atoms with Crippen molar-refractivity contribution in [1.29, 1.82) is 0 Å². The van der Waals surface area contributed by atoms with Crippen LogP contribution in [0.5, 0.6) is 0 Å². The van der Waals surface area contributed by atoms with Gasteiger partial charge in [0.15, 0.2) is 0 Å². The second kappa shape index (κ2) is 6.93. The maximum Gasteiger partial charge on any atom is 0.410 e. The van der Waals surface area contributed by atoms with Gasteiger partial charge in [0, 0.05) is 19.0 Å². The van der Waals surface area contributed by atoms with Gasteiger partial charge in [-0.25, -0.2) is 4.79 Å². The highest BCUT2D eigenvalue weighted by atomic mass is 16.6. The Balaban J connectivity index is 1.83. The van der Waals surface area contributed by atoms with E-state index in [1.807, 2.05) is 30.3 Å². The number of aliphatic carboxylic acids is 1. The number of benzene rings is 1. The third-order valence-corrected chi connectivity index (χ3v) is 3.51. The van der Waals surface area contributed by atoms with Crippen LogP contribution in [-0.2, 0) is 16.1 Å². The molecule has 2 rings (SSSR count). The molecule has 108 valence electrons. The highest BCUT2D eigenvalue weighted by Gasteiger charge is 2.29. The van der Waals surface area contributed by atoms with Crippen LogP contribution in [0, 0.1) is 0 Å². The van der Waals surface area contributed by atoms with Crippen molar-refractivity contribution in [1.82, 2.24) is 4.90 Å². The molecule has 1 amide bonds. The van der Waals surface area contributed by atoms with Crippen molar-refractivity contribution in [3.63, 3.8) is 0 Å². The van der Waals surface area contributed by atoms with Crippen LogP contribution in [0.15, 0.2) is 30.3 Å². The van der Waals surface area contributed by atoms with Gasteiger partial charge >= 0.3 is 12.1 Å². The molecule has 1 aliphatic rings. The number of ether oxygens (including phenoxy) is 1. The first-order chi connectivity index (χ1) is 9.66. The van der Waals surface area contributed by atoms with Gasteiger partial charge < -0.3 is 14.7 Å². The van der Waals surface area contributed by atoms with E-state index in [4.69, 9.17) is 9.84 Å². The van der Waals surface area contributed by atoms with Gasteiger partial charge in [0.2, 0.25) is 0 Å². The van der Waals surface area contributed by atoms with Crippen LogP contribution in [-0.4, -0.2) is 34.7 Å². The van der Waals surface area contributed by atoms with E-state index in [0.29, 0.717) is 13.0 Å². The third-order valence-electron chi connectivity index (χ3n) is 3.51. The first-order valence-electron chi connectivity index (χ1n) is 6.86. The van der Waals surface area contributed by atoms with E-state index in [2.05, 4.69) is 0 Å². The Morgan fingerprint density at radius 2 is 2.05 bits per heavy atom. The fourth-order valence-electron chi connectivity index (χ4n) is 2.47. The quantitative estimate of drug-likeness (QED) is 0.898. The van der Waals surface area contributed by atoms with Gasteiger partial charge in [-0.1, -0.05) is 30.3 Å². The Hall–Kier alpha value is -2.04. The molecule has 0 spiro atoms. The number of nitrogens with zero attached hydrogens (tertiary/aromatic N) is 1. The van der Waals surface area contributed by atoms with Gasteiger partial charge in [0.05, 0.1) is 0 Å². The molecule has 1 saturated heterocycles. The number of carboxylic acids is 1. The molecule has 1 aromatic rings. The van der Waals surface area contributed by atoms with E-state index < -0.39 is 5.97 Å². The molecular formula is C15H19NO4. The van der Waals surface area contributed by atoms with Crippen molar-refractivity contribution in [2.24, 2.45) is 0 Å². The summed E-state index contributed by atoms with van der Waals surface area (Å²) in [5.41, 5.74) is 0.946. The van der Waals surface area contributed by atoms with Crippen molar-refractivity contribution in [2.75, 3.05) is 6.54 Å². The second-order valence-electron chi connectivity index (χ2n) is 4.96. The predicted molar refractivity (Wildman–Crippen MR) is 73.2 cm³/mol. The van der Waals surface area contributed by atoms with Crippen molar-refractivity contribution in [3.05, 3.63) is 35.9 Å². The summed E-state index contributed by atoms with van der Waals surface area (Å²) in [6.07, 6.45) is 2.00. The van der Waals surface area contributed by atoms with Crippen molar-refractivity contribution in [3.8, 4) is 0 Å². The molecule has 1 heterocycles. The molecule has 1 atom stereocenters. The minimum atomic E-state index is -0.825. The van der Waals surface area contributed by atoms with Gasteiger partial charge in [0.1, 0.15) is 6.61 Å². The molecule has 0 radical (unpaired) electrons. The van der Waals surface area contributed by atoms with Crippen LogP contribution in [0.2, 0.25) is 0 Å². The van der Waals surface area contributed by atoms with Crippen LogP contribution >= 0.6 is 0 Å². The van der Waals surface area contributed by atoms with Gasteiger partial charge in [-0.15, -0.1) is 0 Å². The number of carbonyl (C=O) groups is 2. The van der Waals surface area contributed by atoms with Crippen LogP contribution < -0.4 is 0 Å². The highest BCUT2D eigenvalue weighted by Crippen LogP contribution is 2.22. The van der Waals surface area contributed by atoms with Crippen molar-refractivity contribution >= 4 is 12.1 Å². The molecule has 0 saturated carbocycles. The Labute approximate surface area is 118 Å². The largest absolute Gasteiger partial charge is 0.481 e. The molecule has 5 heteroatoms. The van der Waals surface area contributed by atoms with E-state index in [-0.39, 0.29) is 25.2 Å². The monoisotopic (exact) mass is 277 g/mol. The maximum absolute atomic E-state index is 12.0. The summed E-state index contributed by atoms with van der Waals surface area (Å²) >= 11 is 0. The van der Waals surface area contributed by atoms with E-state index in [0.717, 1.165) is 18.4 Å². The van der Waals surface area contributed by atoms with Gasteiger partial charge in [-0.2, -0.15) is 0 Å². The molecule has 1 aliphatic heterocycles. The summed E-state index contributed by atoms with van der Waals surface area (Å²) in [5.74, 6) is -0.825. The molecule has 0 unspecified atom stereocenters. The molecule has 0 bridgehead atoms. The third kappa shape index (κ3) is 3.98. The van der Waals surface area contributed by atoms with Crippen LogP contribution in [0.25, 0.3) is 0 Å². The first kappa shape index (κ1) is 14.4. The molecule has 1 aromatic carbocycles. The molecule has 1 N–H and O–H groups in total. The average Bonchev–Trinajstić information content (AvgIpc) is 2.92. The lowest BCUT2D eigenvalue weighted by atomic mass is 10.1. The van der Waals surface area contributed by atoms with E-state index in [1.54, 1.807) is 4.90 Å². The molecule has 20 heavy (non-hydrogen) atoms. The number of hydrogen-bond acceptors (Lipinski definition) is 3. The molecule has 0 aliphatic carbocycles. The fourth-order valence-corrected chi connectivity index (χ4v) is 2.47. The SMILES string of the molecule is O=C(O)CC[C@@H]1CCCN1C(=O)OCc1ccccc1. The van der Waals surface area contributed by atoms with Crippen molar-refractivity contribution < 1.29 is 19.4 Å². The predicted octanol–water partition coefficient (Wildman–Crippen LogP) is 2.65. The lowest BCUT2D eigenvalue weighted by molar-refractivity contribution is -0.137. The Bertz CT molecular complexity index is 460. The van der Waals surface area contributed by atoms with Crippen molar-refractivity contribution in [2.45, 2.75) is 38.3 Å². The molecular weight excluding hydrogens is 258 g/mol. The highest BCUT2D eigenvalue weighted by molar-refractivity contribution is 5.69. The first-order valence-corrected chi connectivity index (χ1v) is 6.86. The number of hydrogen-bond donors (Lipinski definition) is 1. The minimum absolute atomic E-state index is 0.00521. The summed E-state index contributed by atoms with van der Waals surface area (Å²) in [7, 11) is 0. The van der Waals surface area contributed by atoms with Gasteiger partial charge in [0.25, 0.3) is 0 Å². The van der Waals surface area contributed by atoms with Gasteiger partial charge in [-0.3, -0.25) is 4.79 Å². The van der Waals surface area contributed by atoms with Gasteiger partial charge in [-0.05, 0) is 24.8 Å². The summed E-state index contributed by atoms with van der Waals surface area (Å²) in [6.45, 7) is 0.903. The molecule has 5 nitrogen and oxygen atoms in total. The lowest BCUT2D eigenvalue weighted by Gasteiger charge is -2.23. The molecule has 0 aromatic heterocycles. The second-order valence-corrected chi connectivity index (χ2v) is 4.96. The topological polar surface area (TPSA) is 66.8 Å². The average molecular weight is 277 g/mol. The Morgan fingerprint density at radius 3 is 2.75 bits per heavy atom. The number of carbonyl (C=O) groups excluding carboxylic acids is 1. The minimum Gasteiger partial charge on any atom is -0.481 e. The number of rotatable bonds is 5. The molecule has 1 fully saturated rings. The summed E-state index contributed by atoms with van der Waals surface area (Å²) < 4.78 is 5.29. The number of amides is 1. The fraction of sp³-hybridized carbons (Fsp3) is 0.467. The zero-order valence-corrected chi connectivity index (χ0v) is 11.3. The summed E-state index contributed by atoms with van der Waals surface area (Å²) in [6, 6.07) is 9.50. The normalized spacial score (nSPS) is 18.0. The van der Waals surface area contributed by atoms with E-state index in [1.165, 1.54) is 0 Å². The standard InChI is InChI=1S/C15H19NO4/c17-14(18)9-8-13-7-4-10-16(13)15(19)20-11-12-5-2-1-3-6-12/h1-3,5-6,13H,4,7-11H2,(H,17,18)/t13-/m0/s1. The maximum atomic E-state index is 12.0. The number of likely N-dealkylation sites (tertiary alicyclic amines) is 1. The van der Waals surface area contributed by atoms with Crippen LogP contribution in [0.1, 0.15) is 31.2 Å². The van der Waals surface area contributed by atoms with Crippen LogP contribution in [0.3, 0.4) is 0 Å².